The molecule has 3 heteroatoms. The Kier molecular flexibility index (Phi) is 2.27. The molecule has 2 aromatic rings. The molecule has 0 saturated carbocycles. The standard InChI is InChI=1S/C14H10N2O/c15-7-10-4-5-12-11(6-10)2-1-3-13(12)14-8-16-9-17-14/h3-6,8-9H,1-2H2. The third-order valence-corrected chi connectivity index (χ3v) is 2.98. The Morgan fingerprint density at radius 1 is 1.35 bits per heavy atom. The molecule has 0 amide bonds. The van der Waals surface area contributed by atoms with Crippen LogP contribution in [0, 0.1) is 11.3 Å². The number of allylic oxidation sites excluding steroid dienone is 1. The number of nitriles is 1. The summed E-state index contributed by atoms with van der Waals surface area (Å²) in [6.45, 7) is 0. The van der Waals surface area contributed by atoms with Crippen molar-refractivity contribution >= 4 is 5.57 Å². The third kappa shape index (κ3) is 1.64. The highest BCUT2D eigenvalue weighted by molar-refractivity contribution is 5.80. The van der Waals surface area contributed by atoms with Crippen LogP contribution in [0.3, 0.4) is 0 Å². The van der Waals surface area contributed by atoms with Gasteiger partial charge in [0.15, 0.2) is 12.2 Å². The topological polar surface area (TPSA) is 49.8 Å². The van der Waals surface area contributed by atoms with Gasteiger partial charge in [0, 0.05) is 5.57 Å². The molecule has 1 aliphatic rings. The van der Waals surface area contributed by atoms with Crippen molar-refractivity contribution in [2.75, 3.05) is 0 Å². The molecule has 0 radical (unpaired) electrons. The van der Waals surface area contributed by atoms with E-state index in [2.05, 4.69) is 17.1 Å². The van der Waals surface area contributed by atoms with Gasteiger partial charge in [0.2, 0.25) is 0 Å². The van der Waals surface area contributed by atoms with Crippen LogP contribution >= 0.6 is 0 Å². The summed E-state index contributed by atoms with van der Waals surface area (Å²) in [6, 6.07) is 7.96. The largest absolute Gasteiger partial charge is 0.444 e. The van der Waals surface area contributed by atoms with Gasteiger partial charge in [0.1, 0.15) is 0 Å². The maximum atomic E-state index is 8.90. The second-order valence-corrected chi connectivity index (χ2v) is 4.01. The van der Waals surface area contributed by atoms with E-state index in [1.165, 1.54) is 12.0 Å². The van der Waals surface area contributed by atoms with Gasteiger partial charge in [-0.25, -0.2) is 4.98 Å². The Morgan fingerprint density at radius 3 is 3.06 bits per heavy atom. The second kappa shape index (κ2) is 3.91. The normalized spacial score (nSPS) is 13.7. The zero-order valence-corrected chi connectivity index (χ0v) is 9.18. The van der Waals surface area contributed by atoms with Gasteiger partial charge in [0.25, 0.3) is 0 Å². The van der Waals surface area contributed by atoms with Gasteiger partial charge < -0.3 is 4.42 Å². The quantitative estimate of drug-likeness (QED) is 0.745. The van der Waals surface area contributed by atoms with E-state index >= 15 is 0 Å². The zero-order valence-electron chi connectivity index (χ0n) is 9.18. The van der Waals surface area contributed by atoms with Crippen molar-refractivity contribution in [2.45, 2.75) is 12.8 Å². The molecule has 17 heavy (non-hydrogen) atoms. The van der Waals surface area contributed by atoms with Crippen LogP contribution in [0.15, 0.2) is 41.3 Å². The van der Waals surface area contributed by atoms with Gasteiger partial charge >= 0.3 is 0 Å². The molecular weight excluding hydrogens is 212 g/mol. The number of fused-ring (bicyclic) bond motifs is 1. The van der Waals surface area contributed by atoms with Gasteiger partial charge in [-0.2, -0.15) is 5.26 Å². The lowest BCUT2D eigenvalue weighted by Crippen LogP contribution is -2.00. The number of oxazole rings is 1. The number of hydrogen-bond donors (Lipinski definition) is 0. The van der Waals surface area contributed by atoms with Gasteiger partial charge in [-0.1, -0.05) is 12.1 Å². The molecule has 3 rings (SSSR count). The minimum absolute atomic E-state index is 0.711. The van der Waals surface area contributed by atoms with Crippen LogP contribution in [0.5, 0.6) is 0 Å². The summed E-state index contributed by atoms with van der Waals surface area (Å²) in [7, 11) is 0. The minimum atomic E-state index is 0.711. The molecule has 1 aromatic carbocycles. The molecule has 3 nitrogen and oxygen atoms in total. The first-order valence-corrected chi connectivity index (χ1v) is 5.51. The summed E-state index contributed by atoms with van der Waals surface area (Å²) in [6.07, 6.45) is 7.27. The van der Waals surface area contributed by atoms with Crippen LogP contribution in [0.1, 0.15) is 28.9 Å². The van der Waals surface area contributed by atoms with Gasteiger partial charge in [-0.3, -0.25) is 0 Å². The lowest BCUT2D eigenvalue weighted by molar-refractivity contribution is 0.544. The average Bonchev–Trinajstić information content (AvgIpc) is 2.91. The Balaban J connectivity index is 2.12. The average molecular weight is 222 g/mol. The highest BCUT2D eigenvalue weighted by Gasteiger charge is 2.16. The monoisotopic (exact) mass is 222 g/mol. The van der Waals surface area contributed by atoms with Crippen LogP contribution < -0.4 is 0 Å². The molecule has 0 aliphatic heterocycles. The van der Waals surface area contributed by atoms with Crippen LogP contribution in [-0.4, -0.2) is 4.98 Å². The molecule has 82 valence electrons. The van der Waals surface area contributed by atoms with Gasteiger partial charge in [0.05, 0.1) is 17.8 Å². The van der Waals surface area contributed by atoms with Crippen molar-refractivity contribution in [2.24, 2.45) is 0 Å². The first-order valence-electron chi connectivity index (χ1n) is 5.51. The Bertz CT molecular complexity index is 618. The molecule has 0 fully saturated rings. The smallest absolute Gasteiger partial charge is 0.181 e. The molecule has 0 bridgehead atoms. The third-order valence-electron chi connectivity index (χ3n) is 2.98. The van der Waals surface area contributed by atoms with Crippen molar-refractivity contribution in [1.29, 1.82) is 5.26 Å². The fourth-order valence-electron chi connectivity index (χ4n) is 2.20. The molecule has 1 heterocycles. The summed E-state index contributed by atoms with van der Waals surface area (Å²) >= 11 is 0. The molecule has 0 spiro atoms. The van der Waals surface area contributed by atoms with Gasteiger partial charge in [-0.15, -0.1) is 0 Å². The summed E-state index contributed by atoms with van der Waals surface area (Å²) in [5.74, 6) is 0.788. The van der Waals surface area contributed by atoms with E-state index in [1.807, 2.05) is 18.2 Å². The van der Waals surface area contributed by atoms with Crippen molar-refractivity contribution in [3.8, 4) is 6.07 Å². The highest BCUT2D eigenvalue weighted by atomic mass is 16.3. The van der Waals surface area contributed by atoms with Gasteiger partial charge in [-0.05, 0) is 36.1 Å². The SMILES string of the molecule is N#Cc1ccc2c(c1)CCC=C2c1cnco1. The van der Waals surface area contributed by atoms with E-state index in [-0.39, 0.29) is 0 Å². The zero-order chi connectivity index (χ0) is 11.7. The first-order chi connectivity index (χ1) is 8.38. The predicted octanol–water partition coefficient (Wildman–Crippen LogP) is 2.92. The van der Waals surface area contributed by atoms with Crippen LogP contribution in [-0.2, 0) is 6.42 Å². The maximum absolute atomic E-state index is 8.90. The van der Waals surface area contributed by atoms with Crippen molar-refractivity contribution in [1.82, 2.24) is 4.98 Å². The van der Waals surface area contributed by atoms with E-state index in [4.69, 9.17) is 9.68 Å². The number of benzene rings is 1. The summed E-state index contributed by atoms with van der Waals surface area (Å²) in [5, 5.41) is 8.90. The lowest BCUT2D eigenvalue weighted by atomic mass is 9.89. The molecule has 1 aromatic heterocycles. The number of rotatable bonds is 1. The van der Waals surface area contributed by atoms with E-state index in [9.17, 15) is 0 Å². The van der Waals surface area contributed by atoms with Crippen LogP contribution in [0.4, 0.5) is 0 Å². The van der Waals surface area contributed by atoms with E-state index < -0.39 is 0 Å². The number of aryl methyl sites for hydroxylation is 1. The number of hydrogen-bond acceptors (Lipinski definition) is 3. The minimum Gasteiger partial charge on any atom is -0.444 e. The number of aromatic nitrogens is 1. The first kappa shape index (κ1) is 9.86. The molecule has 0 N–H and O–H groups in total. The Labute approximate surface area is 99.0 Å². The second-order valence-electron chi connectivity index (χ2n) is 4.01. The summed E-state index contributed by atoms with van der Waals surface area (Å²) < 4.78 is 5.34. The highest BCUT2D eigenvalue weighted by Crippen LogP contribution is 2.31. The van der Waals surface area contributed by atoms with E-state index in [0.717, 1.165) is 29.7 Å². The van der Waals surface area contributed by atoms with Crippen molar-refractivity contribution < 1.29 is 4.42 Å². The molecular formula is C14H10N2O. The Morgan fingerprint density at radius 2 is 2.29 bits per heavy atom. The van der Waals surface area contributed by atoms with E-state index in [0.29, 0.717) is 5.56 Å². The van der Waals surface area contributed by atoms with Crippen molar-refractivity contribution in [3.63, 3.8) is 0 Å². The molecule has 1 aliphatic carbocycles. The summed E-state index contributed by atoms with van der Waals surface area (Å²) in [4.78, 5) is 3.94. The molecule has 0 unspecified atom stereocenters. The molecule has 0 atom stereocenters. The lowest BCUT2D eigenvalue weighted by Gasteiger charge is -2.16. The summed E-state index contributed by atoms with van der Waals surface area (Å²) in [5.41, 5.74) is 4.14. The Hall–Kier alpha value is -2.34. The van der Waals surface area contributed by atoms with Crippen LogP contribution in [0.25, 0.3) is 5.57 Å². The maximum Gasteiger partial charge on any atom is 0.181 e. The predicted molar refractivity (Wildman–Crippen MR) is 63.1 cm³/mol. The van der Waals surface area contributed by atoms with Crippen molar-refractivity contribution in [3.05, 3.63) is 59.3 Å². The molecule has 0 saturated heterocycles. The van der Waals surface area contributed by atoms with E-state index in [1.54, 1.807) is 6.20 Å². The van der Waals surface area contributed by atoms with Crippen LogP contribution in [0.2, 0.25) is 0 Å². The number of nitrogens with zero attached hydrogens (tertiary/aromatic N) is 2. The fraction of sp³-hybridized carbons (Fsp3) is 0.143. The fourth-order valence-corrected chi connectivity index (χ4v) is 2.20.